The topological polar surface area (TPSA) is 65.8 Å². The maximum absolute atomic E-state index is 12.5. The second-order valence-electron chi connectivity index (χ2n) is 3.73. The number of nitrogens with zero attached hydrogens (tertiary/aromatic N) is 3. The molecule has 96 valence electrons. The molecule has 0 spiro atoms. The highest BCUT2D eigenvalue weighted by Crippen LogP contribution is 2.38. The van der Waals surface area contributed by atoms with E-state index in [4.69, 9.17) is 0 Å². The third-order valence-corrected chi connectivity index (χ3v) is 2.57. The van der Waals surface area contributed by atoms with Crippen molar-refractivity contribution in [3.63, 3.8) is 0 Å². The van der Waals surface area contributed by atoms with Gasteiger partial charge in [-0.15, -0.1) is 0 Å². The molecule has 1 atom stereocenters. The lowest BCUT2D eigenvalue weighted by Crippen LogP contribution is -2.39. The first kappa shape index (κ1) is 12.5. The number of aliphatic hydroxyl groups is 1. The minimum absolute atomic E-state index is 0.0474. The van der Waals surface area contributed by atoms with Crippen molar-refractivity contribution in [3.05, 3.63) is 30.1 Å². The molecule has 2 rings (SSSR count). The molecule has 1 aliphatic heterocycles. The number of hydrogen-bond acceptors (Lipinski definition) is 4. The van der Waals surface area contributed by atoms with E-state index in [-0.39, 0.29) is 12.0 Å². The van der Waals surface area contributed by atoms with Crippen molar-refractivity contribution < 1.29 is 23.1 Å². The van der Waals surface area contributed by atoms with E-state index in [9.17, 15) is 23.1 Å². The molecule has 0 fully saturated rings. The number of halogens is 3. The minimum Gasteiger partial charge on any atom is -0.365 e. The molecule has 0 saturated carbocycles. The van der Waals surface area contributed by atoms with Gasteiger partial charge in [0.2, 0.25) is 6.41 Å². The molecular formula is C10H8F3N3O2. The quantitative estimate of drug-likeness (QED) is 0.806. The van der Waals surface area contributed by atoms with Gasteiger partial charge in [-0.2, -0.15) is 23.3 Å². The SMILES string of the molecule is O=CN1N=C(C(F)(F)F)C[C@@]1(O)c1cccnc1. The van der Waals surface area contributed by atoms with Crippen molar-refractivity contribution in [3.8, 4) is 0 Å². The van der Waals surface area contributed by atoms with Crippen LogP contribution in [0.15, 0.2) is 29.6 Å². The Labute approximate surface area is 99.5 Å². The molecule has 0 aromatic carbocycles. The summed E-state index contributed by atoms with van der Waals surface area (Å²) in [5.74, 6) is 0. The van der Waals surface area contributed by atoms with Gasteiger partial charge < -0.3 is 5.11 Å². The van der Waals surface area contributed by atoms with Crippen molar-refractivity contribution in [2.24, 2.45) is 5.10 Å². The fourth-order valence-corrected chi connectivity index (χ4v) is 1.66. The Morgan fingerprint density at radius 3 is 2.72 bits per heavy atom. The first-order valence-electron chi connectivity index (χ1n) is 4.90. The number of pyridine rings is 1. The summed E-state index contributed by atoms with van der Waals surface area (Å²) in [5, 5.41) is 13.6. The maximum atomic E-state index is 12.5. The number of rotatable bonds is 2. The Hall–Kier alpha value is -1.96. The largest absolute Gasteiger partial charge is 0.431 e. The summed E-state index contributed by atoms with van der Waals surface area (Å²) in [6, 6.07) is 2.82. The van der Waals surface area contributed by atoms with Crippen molar-refractivity contribution in [2.45, 2.75) is 18.3 Å². The monoisotopic (exact) mass is 259 g/mol. The second kappa shape index (κ2) is 4.05. The van der Waals surface area contributed by atoms with Crippen LogP contribution >= 0.6 is 0 Å². The first-order valence-corrected chi connectivity index (χ1v) is 4.90. The maximum Gasteiger partial charge on any atom is 0.431 e. The summed E-state index contributed by atoms with van der Waals surface area (Å²) in [7, 11) is 0. The lowest BCUT2D eigenvalue weighted by Gasteiger charge is -2.28. The van der Waals surface area contributed by atoms with E-state index in [0.717, 1.165) is 0 Å². The summed E-state index contributed by atoms with van der Waals surface area (Å²) in [6.07, 6.45) is -2.87. The molecule has 0 saturated heterocycles. The number of carbonyl (C=O) groups is 1. The standard InChI is InChI=1S/C10H8F3N3O2/c11-10(12,13)8-4-9(18,16(6-17)15-8)7-2-1-3-14-5-7/h1-3,5-6,18H,4H2/t9-/m1/s1. The van der Waals surface area contributed by atoms with Crippen molar-refractivity contribution in [1.82, 2.24) is 9.99 Å². The zero-order valence-corrected chi connectivity index (χ0v) is 8.92. The molecule has 0 unspecified atom stereocenters. The van der Waals surface area contributed by atoms with Crippen LogP contribution in [0.4, 0.5) is 13.2 Å². The molecule has 1 aliphatic rings. The number of hydrogen-bond donors (Lipinski definition) is 1. The molecule has 1 amide bonds. The van der Waals surface area contributed by atoms with Crippen LogP contribution in [0, 0.1) is 0 Å². The molecule has 1 aromatic rings. The first-order chi connectivity index (χ1) is 8.38. The van der Waals surface area contributed by atoms with E-state index in [1.165, 1.54) is 24.5 Å². The highest BCUT2D eigenvalue weighted by molar-refractivity contribution is 5.92. The van der Waals surface area contributed by atoms with Gasteiger partial charge in [-0.3, -0.25) is 9.78 Å². The molecule has 18 heavy (non-hydrogen) atoms. The van der Waals surface area contributed by atoms with Crippen LogP contribution in [0.25, 0.3) is 0 Å². The van der Waals surface area contributed by atoms with Crippen LogP contribution in [0.3, 0.4) is 0 Å². The van der Waals surface area contributed by atoms with Crippen LogP contribution in [-0.4, -0.2) is 33.4 Å². The normalized spacial score (nSPS) is 24.0. The van der Waals surface area contributed by atoms with E-state index in [1.54, 1.807) is 0 Å². The Bertz CT molecular complexity index is 489. The molecule has 2 heterocycles. The summed E-state index contributed by atoms with van der Waals surface area (Å²) in [4.78, 5) is 14.4. The third kappa shape index (κ3) is 1.94. The Morgan fingerprint density at radius 1 is 1.50 bits per heavy atom. The number of amides is 1. The van der Waals surface area contributed by atoms with Crippen LogP contribution in [-0.2, 0) is 10.5 Å². The highest BCUT2D eigenvalue weighted by Gasteiger charge is 2.51. The van der Waals surface area contributed by atoms with Crippen molar-refractivity contribution >= 4 is 12.1 Å². The second-order valence-corrected chi connectivity index (χ2v) is 3.73. The Balaban J connectivity index is 2.40. The highest BCUT2D eigenvalue weighted by atomic mass is 19.4. The van der Waals surface area contributed by atoms with Gasteiger partial charge in [-0.25, -0.2) is 0 Å². The average Bonchev–Trinajstić information content (AvgIpc) is 2.69. The number of hydrazone groups is 1. The summed E-state index contributed by atoms with van der Waals surface area (Å²) in [6.45, 7) is 0. The van der Waals surface area contributed by atoms with E-state index in [1.807, 2.05) is 0 Å². The fourth-order valence-electron chi connectivity index (χ4n) is 1.66. The summed E-state index contributed by atoms with van der Waals surface area (Å²) in [5.41, 5.74) is -3.28. The molecule has 5 nitrogen and oxygen atoms in total. The lowest BCUT2D eigenvalue weighted by atomic mass is 9.99. The fraction of sp³-hybridized carbons (Fsp3) is 0.300. The summed E-state index contributed by atoms with van der Waals surface area (Å²) >= 11 is 0. The van der Waals surface area contributed by atoms with Gasteiger partial charge in [0.05, 0.1) is 6.42 Å². The minimum atomic E-state index is -4.69. The van der Waals surface area contributed by atoms with Gasteiger partial charge in [0, 0.05) is 18.0 Å². The summed E-state index contributed by atoms with van der Waals surface area (Å²) < 4.78 is 37.6. The average molecular weight is 259 g/mol. The Morgan fingerprint density at radius 2 is 2.22 bits per heavy atom. The van der Waals surface area contributed by atoms with E-state index in [2.05, 4.69) is 10.1 Å². The van der Waals surface area contributed by atoms with Gasteiger partial charge in [0.25, 0.3) is 0 Å². The number of alkyl halides is 3. The molecule has 8 heteroatoms. The van der Waals surface area contributed by atoms with Gasteiger partial charge >= 0.3 is 6.18 Å². The predicted octanol–water partition coefficient (Wildman–Crippen LogP) is 1.01. The van der Waals surface area contributed by atoms with Gasteiger partial charge in [0.15, 0.2) is 5.72 Å². The predicted molar refractivity (Wildman–Crippen MR) is 54.1 cm³/mol. The molecular weight excluding hydrogens is 251 g/mol. The van der Waals surface area contributed by atoms with E-state index >= 15 is 0 Å². The van der Waals surface area contributed by atoms with Crippen LogP contribution in [0.1, 0.15) is 12.0 Å². The molecule has 1 aromatic heterocycles. The van der Waals surface area contributed by atoms with Crippen molar-refractivity contribution in [1.29, 1.82) is 0 Å². The van der Waals surface area contributed by atoms with Crippen LogP contribution < -0.4 is 0 Å². The van der Waals surface area contributed by atoms with Crippen LogP contribution in [0.2, 0.25) is 0 Å². The van der Waals surface area contributed by atoms with Gasteiger partial charge in [-0.05, 0) is 6.07 Å². The molecule has 1 N–H and O–H groups in total. The number of carbonyl (C=O) groups excluding carboxylic acids is 1. The van der Waals surface area contributed by atoms with E-state index < -0.39 is 24.0 Å². The zero-order valence-electron chi connectivity index (χ0n) is 8.92. The van der Waals surface area contributed by atoms with E-state index in [0.29, 0.717) is 5.01 Å². The Kier molecular flexibility index (Phi) is 2.81. The molecule has 0 aliphatic carbocycles. The van der Waals surface area contributed by atoms with Crippen molar-refractivity contribution in [2.75, 3.05) is 0 Å². The third-order valence-electron chi connectivity index (χ3n) is 2.57. The smallest absolute Gasteiger partial charge is 0.365 e. The van der Waals surface area contributed by atoms with Gasteiger partial charge in [-0.1, -0.05) is 6.07 Å². The van der Waals surface area contributed by atoms with Crippen LogP contribution in [0.5, 0.6) is 0 Å². The lowest BCUT2D eigenvalue weighted by molar-refractivity contribution is -0.144. The van der Waals surface area contributed by atoms with Gasteiger partial charge in [0.1, 0.15) is 5.71 Å². The molecule has 0 radical (unpaired) electrons. The number of aromatic nitrogens is 1. The zero-order chi connectivity index (χ0) is 13.4. The molecule has 0 bridgehead atoms.